The molecule has 0 radical (unpaired) electrons. The molecule has 2 aliphatic carbocycles. The van der Waals surface area contributed by atoms with Crippen molar-refractivity contribution in [2.24, 2.45) is 5.92 Å². The van der Waals surface area contributed by atoms with Gasteiger partial charge in [0.1, 0.15) is 5.94 Å². The second-order valence-corrected chi connectivity index (χ2v) is 8.77. The standard InChI is InChI=1S/C24H29NO2/c1-7-25(22(27)18-10-8-17(15-26)9-11-18)19-12-13-20-21(14-19)24(5,6)16(2)23(20,3)4/h8,10-14,16H,7,9H2,1-6H3. The summed E-state index contributed by atoms with van der Waals surface area (Å²) < 4.78 is 0. The second kappa shape index (κ2) is 6.65. The molecule has 0 spiro atoms. The molecule has 0 aromatic heterocycles. The van der Waals surface area contributed by atoms with Crippen LogP contribution in [0.1, 0.15) is 59.1 Å². The highest BCUT2D eigenvalue weighted by Gasteiger charge is 2.48. The molecule has 142 valence electrons. The minimum atomic E-state index is -0.0261. The number of rotatable bonds is 3. The first-order chi connectivity index (χ1) is 12.6. The fourth-order valence-corrected chi connectivity index (χ4v) is 4.54. The van der Waals surface area contributed by atoms with Gasteiger partial charge in [0, 0.05) is 29.8 Å². The summed E-state index contributed by atoms with van der Waals surface area (Å²) in [5, 5.41) is 0. The Morgan fingerprint density at radius 2 is 1.81 bits per heavy atom. The molecule has 2 aliphatic rings. The summed E-state index contributed by atoms with van der Waals surface area (Å²) in [5.74, 6) is 2.38. The zero-order valence-corrected chi connectivity index (χ0v) is 17.2. The van der Waals surface area contributed by atoms with E-state index in [4.69, 9.17) is 0 Å². The molecule has 1 amide bonds. The molecular formula is C24H29NO2. The molecule has 3 nitrogen and oxygen atoms in total. The average Bonchev–Trinajstić information content (AvgIpc) is 2.80. The van der Waals surface area contributed by atoms with Crippen molar-refractivity contribution >= 4 is 17.5 Å². The number of hydrogen-bond acceptors (Lipinski definition) is 2. The summed E-state index contributed by atoms with van der Waals surface area (Å²) in [7, 11) is 0. The molecule has 3 heteroatoms. The van der Waals surface area contributed by atoms with Gasteiger partial charge in [-0.05, 0) is 59.1 Å². The highest BCUT2D eigenvalue weighted by molar-refractivity contribution is 6.08. The number of nitrogens with zero attached hydrogens (tertiary/aromatic N) is 1. The van der Waals surface area contributed by atoms with Crippen LogP contribution in [0.3, 0.4) is 0 Å². The molecule has 0 bridgehead atoms. The first-order valence-corrected chi connectivity index (χ1v) is 9.73. The van der Waals surface area contributed by atoms with E-state index in [1.54, 1.807) is 12.2 Å². The van der Waals surface area contributed by atoms with Crippen molar-refractivity contribution in [2.45, 2.75) is 58.8 Å². The smallest absolute Gasteiger partial charge is 0.257 e. The molecular weight excluding hydrogens is 334 g/mol. The monoisotopic (exact) mass is 363 g/mol. The van der Waals surface area contributed by atoms with E-state index in [2.05, 4.69) is 52.8 Å². The summed E-state index contributed by atoms with van der Waals surface area (Å²) in [4.78, 5) is 25.7. The van der Waals surface area contributed by atoms with E-state index in [0.29, 0.717) is 30.0 Å². The number of benzene rings is 1. The zero-order valence-electron chi connectivity index (χ0n) is 17.2. The SMILES string of the molecule is CCN(C(=O)C1=CCC(=C=O)C=C1)c1ccc2c(c1)C(C)(C)C(C)C2(C)C. The van der Waals surface area contributed by atoms with Crippen LogP contribution in [0.5, 0.6) is 0 Å². The maximum Gasteiger partial charge on any atom is 0.257 e. The summed E-state index contributed by atoms with van der Waals surface area (Å²) in [6.07, 6.45) is 5.68. The Kier molecular flexibility index (Phi) is 4.78. The Bertz CT molecular complexity index is 895. The first kappa shape index (κ1) is 19.4. The molecule has 0 fully saturated rings. The van der Waals surface area contributed by atoms with E-state index >= 15 is 0 Å². The van der Waals surface area contributed by atoms with Gasteiger partial charge >= 0.3 is 0 Å². The van der Waals surface area contributed by atoms with Gasteiger partial charge in [-0.1, -0.05) is 46.8 Å². The van der Waals surface area contributed by atoms with Gasteiger partial charge in [0.15, 0.2) is 0 Å². The van der Waals surface area contributed by atoms with E-state index in [-0.39, 0.29) is 16.7 Å². The number of likely N-dealkylation sites (N-methyl/N-ethyl adjacent to an activating group) is 1. The van der Waals surface area contributed by atoms with E-state index in [1.165, 1.54) is 11.1 Å². The van der Waals surface area contributed by atoms with Gasteiger partial charge < -0.3 is 4.90 Å². The first-order valence-electron chi connectivity index (χ1n) is 9.73. The Morgan fingerprint density at radius 1 is 1.15 bits per heavy atom. The van der Waals surface area contributed by atoms with Crippen molar-refractivity contribution in [2.75, 3.05) is 11.4 Å². The van der Waals surface area contributed by atoms with E-state index in [1.807, 2.05) is 23.8 Å². The summed E-state index contributed by atoms with van der Waals surface area (Å²) in [5.41, 5.74) is 5.03. The number of carbonyl (C=O) groups excluding carboxylic acids is 2. The molecule has 0 N–H and O–H groups in total. The Morgan fingerprint density at radius 3 is 2.37 bits per heavy atom. The van der Waals surface area contributed by atoms with Gasteiger partial charge in [-0.25, -0.2) is 4.79 Å². The fourth-order valence-electron chi connectivity index (χ4n) is 4.54. The highest BCUT2D eigenvalue weighted by Crippen LogP contribution is 2.54. The molecule has 1 unspecified atom stereocenters. The molecule has 27 heavy (non-hydrogen) atoms. The lowest BCUT2D eigenvalue weighted by Gasteiger charge is -2.32. The molecule has 0 saturated carbocycles. The van der Waals surface area contributed by atoms with Crippen molar-refractivity contribution < 1.29 is 9.59 Å². The number of carbonyl (C=O) groups is 1. The van der Waals surface area contributed by atoms with Crippen molar-refractivity contribution in [1.29, 1.82) is 0 Å². The highest BCUT2D eigenvalue weighted by atomic mass is 16.2. The van der Waals surface area contributed by atoms with Crippen LogP contribution in [0.2, 0.25) is 0 Å². The second-order valence-electron chi connectivity index (χ2n) is 8.77. The lowest BCUT2D eigenvalue weighted by atomic mass is 9.71. The number of amides is 1. The van der Waals surface area contributed by atoms with Crippen molar-refractivity contribution in [3.8, 4) is 0 Å². The van der Waals surface area contributed by atoms with Crippen LogP contribution in [-0.4, -0.2) is 18.4 Å². The largest absolute Gasteiger partial charge is 0.309 e. The van der Waals surface area contributed by atoms with Gasteiger partial charge in [-0.15, -0.1) is 0 Å². The molecule has 0 heterocycles. The summed E-state index contributed by atoms with van der Waals surface area (Å²) in [6.45, 7) is 14.1. The number of anilines is 1. The molecule has 1 atom stereocenters. The van der Waals surface area contributed by atoms with Crippen molar-refractivity contribution in [1.82, 2.24) is 0 Å². The number of hydrogen-bond donors (Lipinski definition) is 0. The number of fused-ring (bicyclic) bond motifs is 1. The van der Waals surface area contributed by atoms with Crippen molar-refractivity contribution in [3.05, 3.63) is 58.7 Å². The molecule has 0 saturated heterocycles. The Hall–Kier alpha value is -2.38. The summed E-state index contributed by atoms with van der Waals surface area (Å²) >= 11 is 0. The van der Waals surface area contributed by atoms with Crippen LogP contribution in [-0.2, 0) is 20.4 Å². The quantitative estimate of drug-likeness (QED) is 0.717. The van der Waals surface area contributed by atoms with Gasteiger partial charge in [0.05, 0.1) is 0 Å². The van der Waals surface area contributed by atoms with E-state index in [0.717, 1.165) is 5.69 Å². The van der Waals surface area contributed by atoms with Crippen LogP contribution in [0, 0.1) is 5.92 Å². The lowest BCUT2D eigenvalue weighted by molar-refractivity contribution is -0.114. The molecule has 0 aliphatic heterocycles. The Labute approximate surface area is 162 Å². The van der Waals surface area contributed by atoms with Crippen LogP contribution < -0.4 is 4.90 Å². The minimum Gasteiger partial charge on any atom is -0.309 e. The minimum absolute atomic E-state index is 0.0261. The lowest BCUT2D eigenvalue weighted by Crippen LogP contribution is -2.32. The van der Waals surface area contributed by atoms with Crippen LogP contribution in [0.4, 0.5) is 5.69 Å². The van der Waals surface area contributed by atoms with Gasteiger partial charge in [-0.3, -0.25) is 4.79 Å². The van der Waals surface area contributed by atoms with Crippen LogP contribution in [0.15, 0.2) is 47.6 Å². The van der Waals surface area contributed by atoms with Crippen molar-refractivity contribution in [3.63, 3.8) is 0 Å². The zero-order chi connectivity index (χ0) is 20.0. The third-order valence-corrected chi connectivity index (χ3v) is 6.81. The average molecular weight is 364 g/mol. The van der Waals surface area contributed by atoms with E-state index < -0.39 is 0 Å². The third-order valence-electron chi connectivity index (χ3n) is 6.81. The normalized spacial score (nSPS) is 22.1. The van der Waals surface area contributed by atoms with Gasteiger partial charge in [0.2, 0.25) is 0 Å². The molecule has 3 rings (SSSR count). The molecule has 1 aromatic carbocycles. The molecule has 1 aromatic rings. The predicted molar refractivity (Wildman–Crippen MR) is 111 cm³/mol. The van der Waals surface area contributed by atoms with Gasteiger partial charge in [-0.2, -0.15) is 0 Å². The van der Waals surface area contributed by atoms with Gasteiger partial charge in [0.25, 0.3) is 5.91 Å². The predicted octanol–water partition coefficient (Wildman–Crippen LogP) is 4.89. The summed E-state index contributed by atoms with van der Waals surface area (Å²) in [6, 6.07) is 6.47. The maximum atomic E-state index is 13.1. The topological polar surface area (TPSA) is 37.4 Å². The number of allylic oxidation sites excluding steroid dienone is 3. The van der Waals surface area contributed by atoms with Crippen LogP contribution >= 0.6 is 0 Å². The van der Waals surface area contributed by atoms with Crippen LogP contribution in [0.25, 0.3) is 0 Å². The third kappa shape index (κ3) is 3.00. The van der Waals surface area contributed by atoms with E-state index in [9.17, 15) is 9.59 Å². The maximum absolute atomic E-state index is 13.1. The Balaban J connectivity index is 1.98. The fraction of sp³-hybridized carbons (Fsp3) is 0.458.